The van der Waals surface area contributed by atoms with Gasteiger partial charge in [-0.2, -0.15) is 0 Å². The predicted molar refractivity (Wildman–Crippen MR) is 194 cm³/mol. The molecular formula is C36H45ClN4O7S2. The zero-order valence-corrected chi connectivity index (χ0v) is 30.9. The van der Waals surface area contributed by atoms with E-state index in [2.05, 4.69) is 16.6 Å². The van der Waals surface area contributed by atoms with Crippen molar-refractivity contribution in [2.75, 3.05) is 17.7 Å². The summed E-state index contributed by atoms with van der Waals surface area (Å²) in [6, 6.07) is 11.4. The number of nitrogens with one attached hydrogen (secondary N) is 1. The average Bonchev–Trinajstić information content (AvgIpc) is 3.72. The Morgan fingerprint density at radius 2 is 1.60 bits per heavy atom. The van der Waals surface area contributed by atoms with Gasteiger partial charge in [-0.05, 0) is 54.7 Å². The monoisotopic (exact) mass is 744 g/mol. The molecule has 14 heteroatoms. The molecule has 2 atom stereocenters. The van der Waals surface area contributed by atoms with Gasteiger partial charge in [0.25, 0.3) is 11.8 Å². The number of carbonyl (C=O) groups is 4. The van der Waals surface area contributed by atoms with Gasteiger partial charge in [-0.15, -0.1) is 0 Å². The van der Waals surface area contributed by atoms with E-state index >= 15 is 0 Å². The number of imide groups is 1. The van der Waals surface area contributed by atoms with Gasteiger partial charge in [0.2, 0.25) is 12.0 Å². The van der Waals surface area contributed by atoms with Crippen LogP contribution in [0, 0.1) is 0 Å². The first kappa shape index (κ1) is 39.1. The zero-order chi connectivity index (χ0) is 36.1. The van der Waals surface area contributed by atoms with Crippen molar-refractivity contribution in [3.05, 3.63) is 76.3 Å². The van der Waals surface area contributed by atoms with Gasteiger partial charge in [-0.3, -0.25) is 19.3 Å². The molecule has 1 saturated heterocycles. The van der Waals surface area contributed by atoms with Crippen molar-refractivity contribution >= 4 is 62.3 Å². The van der Waals surface area contributed by atoms with Crippen molar-refractivity contribution in [1.29, 1.82) is 0 Å². The molecule has 0 bridgehead atoms. The Kier molecular flexibility index (Phi) is 14.9. The molecule has 1 N–H and O–H groups in total. The van der Waals surface area contributed by atoms with Gasteiger partial charge in [0.1, 0.15) is 0 Å². The van der Waals surface area contributed by atoms with Crippen LogP contribution in [0.4, 0.5) is 10.5 Å². The van der Waals surface area contributed by atoms with E-state index in [1.807, 2.05) is 6.07 Å². The third kappa shape index (κ3) is 10.2. The Morgan fingerprint density at radius 3 is 2.20 bits per heavy atom. The van der Waals surface area contributed by atoms with Gasteiger partial charge >= 0.3 is 6.03 Å². The SMILES string of the molecule is CCCCCCCCCCCCS(=O)(=O)c1ccc(NC(=O)C(C(=O)c2ccns2)N2C(=O)C(OCC)N(Cc3ccccc3)C2=O)c(Cl)c1. The van der Waals surface area contributed by atoms with E-state index in [1.54, 1.807) is 31.2 Å². The van der Waals surface area contributed by atoms with Gasteiger partial charge in [0, 0.05) is 12.8 Å². The Bertz CT molecular complexity index is 1700. The minimum absolute atomic E-state index is 0.00342. The van der Waals surface area contributed by atoms with E-state index in [0.29, 0.717) is 16.9 Å². The standard InChI is InChI=1S/C36H45ClN4O7S2/c1-3-5-6-7-8-9-10-11-12-16-23-50(46,47)27-19-20-29(28(37)24-27)39-33(43)31(32(42)30-21-22-38-49-30)41-34(44)35(48-4-2)40(36(41)45)25-26-17-14-13-15-18-26/h13-15,17-22,24,31,35H,3-12,16,23,25H2,1-2H3,(H,39,43). The lowest BCUT2D eigenvalue weighted by Crippen LogP contribution is -2.52. The number of ether oxygens (including phenoxy) is 1. The van der Waals surface area contributed by atoms with Crippen molar-refractivity contribution in [1.82, 2.24) is 14.2 Å². The number of unbranched alkanes of at least 4 members (excludes halogenated alkanes) is 9. The number of benzene rings is 2. The van der Waals surface area contributed by atoms with Crippen LogP contribution in [0.2, 0.25) is 5.02 Å². The molecule has 4 rings (SSSR count). The second-order valence-corrected chi connectivity index (χ2v) is 15.5. The molecule has 0 spiro atoms. The third-order valence-corrected chi connectivity index (χ3v) is 11.3. The van der Waals surface area contributed by atoms with Crippen molar-refractivity contribution < 1.29 is 32.3 Å². The maximum absolute atomic E-state index is 13.9. The molecule has 1 aromatic heterocycles. The molecule has 4 amide bonds. The molecule has 3 aromatic rings. The summed E-state index contributed by atoms with van der Waals surface area (Å²) in [6.07, 6.45) is 10.8. The van der Waals surface area contributed by atoms with E-state index < -0.39 is 45.7 Å². The highest BCUT2D eigenvalue weighted by Crippen LogP contribution is 2.30. The molecule has 1 aliphatic heterocycles. The summed E-state index contributed by atoms with van der Waals surface area (Å²) < 4.78 is 35.7. The minimum atomic E-state index is -3.64. The van der Waals surface area contributed by atoms with Crippen LogP contribution in [-0.2, 0) is 30.7 Å². The molecule has 2 aromatic carbocycles. The lowest BCUT2D eigenvalue weighted by atomic mass is 10.1. The van der Waals surface area contributed by atoms with E-state index in [0.717, 1.165) is 37.2 Å². The quantitative estimate of drug-likeness (QED) is 0.0511. The van der Waals surface area contributed by atoms with Gasteiger partial charge in [0.15, 0.2) is 15.9 Å². The largest absolute Gasteiger partial charge is 0.350 e. The summed E-state index contributed by atoms with van der Waals surface area (Å²) >= 11 is 7.29. The van der Waals surface area contributed by atoms with E-state index in [-0.39, 0.29) is 39.4 Å². The average molecular weight is 745 g/mol. The molecule has 270 valence electrons. The molecule has 1 aliphatic rings. The van der Waals surface area contributed by atoms with Gasteiger partial charge in [-0.25, -0.2) is 22.5 Å². The highest BCUT2D eigenvalue weighted by molar-refractivity contribution is 7.91. The number of hydrogen-bond donors (Lipinski definition) is 1. The fourth-order valence-corrected chi connectivity index (χ4v) is 8.04. The molecule has 50 heavy (non-hydrogen) atoms. The second kappa shape index (κ2) is 19.1. The molecule has 0 radical (unpaired) electrons. The van der Waals surface area contributed by atoms with Crippen LogP contribution in [0.1, 0.15) is 93.3 Å². The zero-order valence-electron chi connectivity index (χ0n) is 28.5. The van der Waals surface area contributed by atoms with E-state index in [1.165, 1.54) is 67.5 Å². The number of ketones is 1. The Balaban J connectivity index is 1.46. The molecule has 0 saturated carbocycles. The second-order valence-electron chi connectivity index (χ2n) is 12.2. The van der Waals surface area contributed by atoms with Crippen molar-refractivity contribution in [3.63, 3.8) is 0 Å². The Labute approximate surface area is 303 Å². The highest BCUT2D eigenvalue weighted by Gasteiger charge is 2.53. The highest BCUT2D eigenvalue weighted by atomic mass is 35.5. The molecular weight excluding hydrogens is 700 g/mol. The summed E-state index contributed by atoms with van der Waals surface area (Å²) in [7, 11) is -3.64. The molecule has 11 nitrogen and oxygen atoms in total. The van der Waals surface area contributed by atoms with Crippen LogP contribution < -0.4 is 5.32 Å². The number of urea groups is 1. The number of aromatic nitrogens is 1. The number of sulfone groups is 1. The molecule has 2 heterocycles. The minimum Gasteiger partial charge on any atom is -0.350 e. The number of anilines is 1. The van der Waals surface area contributed by atoms with Crippen LogP contribution in [0.25, 0.3) is 0 Å². The van der Waals surface area contributed by atoms with Gasteiger partial charge < -0.3 is 10.1 Å². The first-order chi connectivity index (χ1) is 24.1. The summed E-state index contributed by atoms with van der Waals surface area (Å²) in [5, 5.41) is 2.46. The fourth-order valence-electron chi connectivity index (χ4n) is 5.79. The number of halogens is 1. The predicted octanol–water partition coefficient (Wildman–Crippen LogP) is 7.51. The van der Waals surface area contributed by atoms with Crippen LogP contribution in [-0.4, -0.2) is 70.8 Å². The summed E-state index contributed by atoms with van der Waals surface area (Å²) in [5.74, 6) is -2.73. The summed E-state index contributed by atoms with van der Waals surface area (Å²) in [6.45, 7) is 3.95. The number of rotatable bonds is 21. The van der Waals surface area contributed by atoms with Gasteiger partial charge in [0.05, 0.1) is 32.8 Å². The first-order valence-electron chi connectivity index (χ1n) is 17.2. The Morgan fingerprint density at radius 1 is 0.940 bits per heavy atom. The van der Waals surface area contributed by atoms with Crippen molar-refractivity contribution in [2.45, 2.75) is 102 Å². The van der Waals surface area contributed by atoms with Crippen molar-refractivity contribution in [3.8, 4) is 0 Å². The smallest absolute Gasteiger partial charge is 0.330 e. The number of nitrogens with zero attached hydrogens (tertiary/aromatic N) is 3. The number of carbonyl (C=O) groups excluding carboxylic acids is 4. The number of Topliss-reactive ketones (excluding diaryl/α,β-unsaturated/α-hetero) is 1. The summed E-state index contributed by atoms with van der Waals surface area (Å²) in [4.78, 5) is 57.0. The third-order valence-electron chi connectivity index (χ3n) is 8.46. The lowest BCUT2D eigenvalue weighted by molar-refractivity contribution is -0.144. The van der Waals surface area contributed by atoms with Crippen LogP contribution in [0.15, 0.2) is 65.7 Å². The Hall–Kier alpha value is -3.65. The van der Waals surface area contributed by atoms with Crippen LogP contribution in [0.5, 0.6) is 0 Å². The van der Waals surface area contributed by atoms with E-state index in [9.17, 15) is 27.6 Å². The molecule has 0 aliphatic carbocycles. The molecule has 2 unspecified atom stereocenters. The fraction of sp³-hybridized carbons (Fsp3) is 0.472. The van der Waals surface area contributed by atoms with Crippen LogP contribution in [0.3, 0.4) is 0 Å². The van der Waals surface area contributed by atoms with Crippen molar-refractivity contribution in [2.24, 2.45) is 0 Å². The van der Waals surface area contributed by atoms with Gasteiger partial charge in [-0.1, -0.05) is 107 Å². The van der Waals surface area contributed by atoms with E-state index in [4.69, 9.17) is 16.3 Å². The van der Waals surface area contributed by atoms with Crippen LogP contribution >= 0.6 is 23.1 Å². The molecule has 1 fully saturated rings. The first-order valence-corrected chi connectivity index (χ1v) is 20.0. The number of hydrogen-bond acceptors (Lipinski definition) is 9. The maximum atomic E-state index is 13.9. The number of amides is 4. The maximum Gasteiger partial charge on any atom is 0.330 e. The summed E-state index contributed by atoms with van der Waals surface area (Å²) in [5.41, 5.74) is 0.725. The topological polar surface area (TPSA) is 143 Å². The normalized spacial score (nSPS) is 15.5. The lowest BCUT2D eigenvalue weighted by Gasteiger charge is -2.24.